The molecule has 2 saturated carbocycles. The maximum atomic E-state index is 11.0. The van der Waals surface area contributed by atoms with Crippen molar-refractivity contribution in [3.05, 3.63) is 52.7 Å². The molecule has 2 fully saturated rings. The number of imidazole rings is 1. The van der Waals surface area contributed by atoms with Crippen LogP contribution in [0.4, 0.5) is 0 Å². The van der Waals surface area contributed by atoms with E-state index in [9.17, 15) is 4.79 Å². The van der Waals surface area contributed by atoms with Crippen LogP contribution < -0.4 is 0 Å². The van der Waals surface area contributed by atoms with E-state index in [1.165, 1.54) is 18.4 Å². The molecule has 5 rings (SSSR count). The average molecular weight is 390 g/mol. The molecule has 3 aromatic rings. The highest BCUT2D eigenvalue weighted by atomic mass is 16.5. The minimum Gasteiger partial charge on any atom is -0.455 e. The van der Waals surface area contributed by atoms with Gasteiger partial charge in [-0.3, -0.25) is 9.78 Å². The Hall–Kier alpha value is -2.76. The van der Waals surface area contributed by atoms with E-state index >= 15 is 0 Å². The molecule has 3 heterocycles. The molecule has 2 aliphatic rings. The predicted molar refractivity (Wildman–Crippen MR) is 110 cm³/mol. The zero-order chi connectivity index (χ0) is 20.0. The maximum Gasteiger partial charge on any atom is 0.294 e. The molecule has 0 unspecified atom stereocenters. The number of pyridine rings is 2. The van der Waals surface area contributed by atoms with E-state index in [2.05, 4.69) is 23.6 Å². The molecule has 6 heteroatoms. The van der Waals surface area contributed by atoms with Crippen molar-refractivity contribution in [2.24, 2.45) is 0 Å². The van der Waals surface area contributed by atoms with Crippen LogP contribution in [0.1, 0.15) is 72.8 Å². The summed E-state index contributed by atoms with van der Waals surface area (Å²) in [6.45, 7) is 5.41. The minimum atomic E-state index is -0.545. The number of aryl methyl sites for hydroxylation is 2. The number of carbonyl (C=O) groups excluding carboxylic acids is 1. The standard InChI is InChI=1S/C23H26N4O2/c1-15-11-16(2)25-22-20(15)26-21(18-6-7-18)27(22)13-17-5-8-19(24-12-17)23(29-14-28)9-3-4-10-23/h5,8,11-12,14,18H,3-4,6-7,9-10,13H2,1-2H3. The van der Waals surface area contributed by atoms with Crippen LogP contribution in [0.5, 0.6) is 0 Å². The van der Waals surface area contributed by atoms with Crippen molar-refractivity contribution in [1.29, 1.82) is 0 Å². The minimum absolute atomic E-state index is 0.541. The van der Waals surface area contributed by atoms with Crippen LogP contribution in [0.15, 0.2) is 24.4 Å². The normalized spacial score (nSPS) is 18.3. The van der Waals surface area contributed by atoms with Gasteiger partial charge in [0.05, 0.1) is 12.2 Å². The Balaban J connectivity index is 1.50. The van der Waals surface area contributed by atoms with Crippen LogP contribution in [0.25, 0.3) is 11.2 Å². The van der Waals surface area contributed by atoms with Gasteiger partial charge in [0.25, 0.3) is 6.47 Å². The van der Waals surface area contributed by atoms with E-state index in [1.54, 1.807) is 0 Å². The van der Waals surface area contributed by atoms with Crippen molar-refractivity contribution in [1.82, 2.24) is 19.5 Å². The van der Waals surface area contributed by atoms with Crippen LogP contribution >= 0.6 is 0 Å². The number of hydrogen-bond donors (Lipinski definition) is 0. The van der Waals surface area contributed by atoms with E-state index in [4.69, 9.17) is 19.7 Å². The lowest BCUT2D eigenvalue weighted by Crippen LogP contribution is -2.27. The molecule has 0 radical (unpaired) electrons. The van der Waals surface area contributed by atoms with Gasteiger partial charge in [0.2, 0.25) is 0 Å². The largest absolute Gasteiger partial charge is 0.455 e. The smallest absolute Gasteiger partial charge is 0.294 e. The molecule has 3 aromatic heterocycles. The Kier molecular flexibility index (Phi) is 4.37. The number of hydrogen-bond acceptors (Lipinski definition) is 5. The SMILES string of the molecule is Cc1cc(C)c2nc(C3CC3)n(Cc3ccc(C4(OC=O)CCCC4)nc3)c2n1. The molecule has 0 atom stereocenters. The van der Waals surface area contributed by atoms with Gasteiger partial charge < -0.3 is 9.30 Å². The first-order valence-electron chi connectivity index (χ1n) is 10.5. The first-order valence-corrected chi connectivity index (χ1v) is 10.5. The molecular weight excluding hydrogens is 364 g/mol. The molecule has 29 heavy (non-hydrogen) atoms. The zero-order valence-corrected chi connectivity index (χ0v) is 17.0. The molecule has 0 aliphatic heterocycles. The van der Waals surface area contributed by atoms with Crippen molar-refractivity contribution >= 4 is 17.6 Å². The van der Waals surface area contributed by atoms with Gasteiger partial charge in [-0.15, -0.1) is 0 Å². The third-order valence-corrected chi connectivity index (χ3v) is 6.31. The van der Waals surface area contributed by atoms with Gasteiger partial charge in [-0.2, -0.15) is 0 Å². The monoisotopic (exact) mass is 390 g/mol. The van der Waals surface area contributed by atoms with Gasteiger partial charge in [0, 0.05) is 17.8 Å². The fourth-order valence-corrected chi connectivity index (χ4v) is 4.67. The lowest BCUT2D eigenvalue weighted by atomic mass is 9.96. The molecule has 0 spiro atoms. The summed E-state index contributed by atoms with van der Waals surface area (Å²) in [6, 6.07) is 6.21. The Morgan fingerprint density at radius 1 is 1.21 bits per heavy atom. The summed E-state index contributed by atoms with van der Waals surface area (Å²) in [5.41, 5.74) is 5.58. The summed E-state index contributed by atoms with van der Waals surface area (Å²) in [7, 11) is 0. The second kappa shape index (κ2) is 6.94. The van der Waals surface area contributed by atoms with Gasteiger partial charge in [0.1, 0.15) is 11.3 Å². The summed E-state index contributed by atoms with van der Waals surface area (Å²) in [5, 5.41) is 0. The van der Waals surface area contributed by atoms with E-state index in [0.717, 1.165) is 59.6 Å². The molecule has 0 bridgehead atoms. The fraction of sp³-hybridized carbons (Fsp3) is 0.478. The highest BCUT2D eigenvalue weighted by molar-refractivity contribution is 5.76. The van der Waals surface area contributed by atoms with Crippen LogP contribution in [0, 0.1) is 13.8 Å². The molecule has 0 amide bonds. The Bertz CT molecular complexity index is 1060. The number of ether oxygens (including phenoxy) is 1. The summed E-state index contributed by atoms with van der Waals surface area (Å²) in [5.74, 6) is 1.68. The molecule has 0 N–H and O–H groups in total. The van der Waals surface area contributed by atoms with Crippen molar-refractivity contribution < 1.29 is 9.53 Å². The molecule has 0 saturated heterocycles. The molecule has 6 nitrogen and oxygen atoms in total. The second-order valence-corrected chi connectivity index (χ2v) is 8.55. The fourth-order valence-electron chi connectivity index (χ4n) is 4.67. The molecule has 150 valence electrons. The number of aromatic nitrogens is 4. The average Bonchev–Trinajstić information content (AvgIpc) is 3.33. The van der Waals surface area contributed by atoms with Crippen molar-refractivity contribution in [2.75, 3.05) is 0 Å². The first kappa shape index (κ1) is 18.3. The highest BCUT2D eigenvalue weighted by Gasteiger charge is 2.39. The first-order chi connectivity index (χ1) is 14.1. The summed E-state index contributed by atoms with van der Waals surface area (Å²) >= 11 is 0. The van der Waals surface area contributed by atoms with Gasteiger partial charge >= 0.3 is 0 Å². The molecule has 0 aromatic carbocycles. The van der Waals surface area contributed by atoms with Crippen molar-refractivity contribution in [3.8, 4) is 0 Å². The maximum absolute atomic E-state index is 11.0. The highest BCUT2D eigenvalue weighted by Crippen LogP contribution is 2.42. The van der Waals surface area contributed by atoms with Crippen molar-refractivity contribution in [3.63, 3.8) is 0 Å². The third-order valence-electron chi connectivity index (χ3n) is 6.31. The van der Waals surface area contributed by atoms with Gasteiger partial charge in [-0.1, -0.05) is 6.07 Å². The summed E-state index contributed by atoms with van der Waals surface area (Å²) in [6.07, 6.45) is 8.13. The topological polar surface area (TPSA) is 69.9 Å². The summed E-state index contributed by atoms with van der Waals surface area (Å²) < 4.78 is 7.76. The lowest BCUT2D eigenvalue weighted by Gasteiger charge is -2.26. The van der Waals surface area contributed by atoms with Crippen LogP contribution in [0.2, 0.25) is 0 Å². The predicted octanol–water partition coefficient (Wildman–Crippen LogP) is 4.31. The molecule has 2 aliphatic carbocycles. The van der Waals surface area contributed by atoms with Crippen LogP contribution in [-0.4, -0.2) is 26.0 Å². The van der Waals surface area contributed by atoms with E-state index in [1.807, 2.05) is 19.2 Å². The molecular formula is C23H26N4O2. The number of nitrogens with zero attached hydrogens (tertiary/aromatic N) is 4. The number of carbonyl (C=O) groups is 1. The van der Waals surface area contributed by atoms with Crippen LogP contribution in [0.3, 0.4) is 0 Å². The quantitative estimate of drug-likeness (QED) is 0.587. The Labute approximate surface area is 170 Å². The third kappa shape index (κ3) is 3.20. The van der Waals surface area contributed by atoms with Gasteiger partial charge in [-0.05, 0) is 75.6 Å². The zero-order valence-electron chi connectivity index (χ0n) is 17.0. The Morgan fingerprint density at radius 2 is 2.00 bits per heavy atom. The number of fused-ring (bicyclic) bond motifs is 1. The second-order valence-electron chi connectivity index (χ2n) is 8.55. The summed E-state index contributed by atoms with van der Waals surface area (Å²) in [4.78, 5) is 25.5. The van der Waals surface area contributed by atoms with Crippen molar-refractivity contribution in [2.45, 2.75) is 70.4 Å². The Morgan fingerprint density at radius 3 is 2.66 bits per heavy atom. The van der Waals surface area contributed by atoms with Gasteiger partial charge in [0.15, 0.2) is 11.2 Å². The van der Waals surface area contributed by atoms with E-state index < -0.39 is 5.60 Å². The van der Waals surface area contributed by atoms with E-state index in [-0.39, 0.29) is 0 Å². The van der Waals surface area contributed by atoms with Gasteiger partial charge in [-0.25, -0.2) is 9.97 Å². The lowest BCUT2D eigenvalue weighted by molar-refractivity contribution is -0.144. The van der Waals surface area contributed by atoms with Crippen LogP contribution in [-0.2, 0) is 21.7 Å². The number of rotatable bonds is 6. The van der Waals surface area contributed by atoms with E-state index in [0.29, 0.717) is 18.9 Å².